The Hall–Kier alpha value is -2.25. The second-order valence-corrected chi connectivity index (χ2v) is 7.17. The maximum absolute atomic E-state index is 10.6. The summed E-state index contributed by atoms with van der Waals surface area (Å²) in [5.41, 5.74) is 2.75. The molecule has 0 heterocycles. The number of hydrogen-bond acceptors (Lipinski definition) is 5. The minimum atomic E-state index is -4.01. The number of azo groups is 1. The van der Waals surface area contributed by atoms with E-state index in [-0.39, 0.29) is 6.61 Å². The fraction of sp³-hybridized carbons (Fsp3) is 0.333. The first-order valence-electron chi connectivity index (χ1n) is 8.15. The zero-order valence-electron chi connectivity index (χ0n) is 14.1. The van der Waals surface area contributed by atoms with Crippen molar-refractivity contribution in [1.29, 1.82) is 0 Å². The highest BCUT2D eigenvalue weighted by Crippen LogP contribution is 2.22. The Labute approximate surface area is 148 Å². The van der Waals surface area contributed by atoms with Crippen LogP contribution in [0.15, 0.2) is 58.8 Å². The Kier molecular flexibility index (Phi) is 7.09. The Morgan fingerprint density at radius 3 is 2.04 bits per heavy atom. The van der Waals surface area contributed by atoms with Gasteiger partial charge >= 0.3 is 0 Å². The summed E-state index contributed by atoms with van der Waals surface area (Å²) in [6.45, 7) is 2.07. The lowest BCUT2D eigenvalue weighted by Crippen LogP contribution is -2.12. The number of aryl methyl sites for hydroxylation is 1. The highest BCUT2D eigenvalue weighted by Gasteiger charge is 2.04. The van der Waals surface area contributed by atoms with Crippen molar-refractivity contribution in [3.05, 3.63) is 54.1 Å². The number of rotatable bonds is 9. The molecule has 0 saturated heterocycles. The predicted octanol–water partition coefficient (Wildman–Crippen LogP) is 4.71. The Morgan fingerprint density at radius 2 is 1.52 bits per heavy atom. The van der Waals surface area contributed by atoms with Crippen LogP contribution < -0.4 is 4.74 Å². The van der Waals surface area contributed by atoms with Crippen LogP contribution in [-0.2, 0) is 16.5 Å². The van der Waals surface area contributed by atoms with Crippen LogP contribution >= 0.6 is 0 Å². The maximum Gasteiger partial charge on any atom is 0.268 e. The summed E-state index contributed by atoms with van der Waals surface area (Å²) in [5, 5.41) is 8.36. The highest BCUT2D eigenvalue weighted by atomic mass is 32.2. The van der Waals surface area contributed by atoms with Gasteiger partial charge in [0.25, 0.3) is 10.1 Å². The van der Waals surface area contributed by atoms with E-state index in [1.165, 1.54) is 18.4 Å². The van der Waals surface area contributed by atoms with Gasteiger partial charge in [-0.3, -0.25) is 4.55 Å². The molecule has 6 nitrogen and oxygen atoms in total. The van der Waals surface area contributed by atoms with Crippen molar-refractivity contribution in [3.8, 4) is 5.75 Å². The molecule has 2 aromatic carbocycles. The molecule has 0 spiro atoms. The van der Waals surface area contributed by atoms with E-state index in [9.17, 15) is 8.42 Å². The third-order valence-electron chi connectivity index (χ3n) is 3.48. The molecule has 0 aliphatic carbocycles. The highest BCUT2D eigenvalue weighted by molar-refractivity contribution is 7.85. The first-order valence-corrected chi connectivity index (χ1v) is 9.76. The molecule has 0 saturated carbocycles. The maximum atomic E-state index is 10.6. The van der Waals surface area contributed by atoms with Gasteiger partial charge in [-0.25, -0.2) is 0 Å². The van der Waals surface area contributed by atoms with Crippen molar-refractivity contribution in [2.75, 3.05) is 12.4 Å². The van der Waals surface area contributed by atoms with E-state index < -0.39 is 15.9 Å². The van der Waals surface area contributed by atoms with Crippen LogP contribution in [0.5, 0.6) is 5.75 Å². The normalized spacial score (nSPS) is 11.8. The zero-order valence-corrected chi connectivity index (χ0v) is 14.9. The summed E-state index contributed by atoms with van der Waals surface area (Å²) in [7, 11) is -4.01. The summed E-state index contributed by atoms with van der Waals surface area (Å²) < 4.78 is 35.1. The topological polar surface area (TPSA) is 88.3 Å². The average molecular weight is 362 g/mol. The Morgan fingerprint density at radius 1 is 0.960 bits per heavy atom. The molecule has 0 radical (unpaired) electrons. The smallest absolute Gasteiger partial charge is 0.268 e. The van der Waals surface area contributed by atoms with Crippen LogP contribution in [0, 0.1) is 0 Å². The van der Waals surface area contributed by atoms with Crippen molar-refractivity contribution in [1.82, 2.24) is 0 Å². The number of benzene rings is 2. The number of ether oxygens (including phenoxy) is 1. The van der Waals surface area contributed by atoms with Gasteiger partial charge in [-0.15, -0.1) is 0 Å². The fourth-order valence-corrected chi connectivity index (χ4v) is 2.39. The lowest BCUT2D eigenvalue weighted by molar-refractivity contribution is 0.336. The number of unbranched alkanes of at least 4 members (excludes halogenated alkanes) is 1. The second kappa shape index (κ2) is 9.29. The predicted molar refractivity (Wildman–Crippen MR) is 97.6 cm³/mol. The van der Waals surface area contributed by atoms with Gasteiger partial charge in [0.05, 0.1) is 11.4 Å². The summed E-state index contributed by atoms with van der Waals surface area (Å²) in [4.78, 5) is 0. The molecule has 0 fully saturated rings. The van der Waals surface area contributed by atoms with Crippen LogP contribution in [0.1, 0.15) is 25.3 Å². The first kappa shape index (κ1) is 19.1. The molecule has 134 valence electrons. The number of hydrogen-bond donors (Lipinski definition) is 1. The van der Waals surface area contributed by atoms with Gasteiger partial charge < -0.3 is 4.74 Å². The van der Waals surface area contributed by atoms with E-state index in [1.54, 1.807) is 24.3 Å². The zero-order chi connectivity index (χ0) is 18.1. The first-order chi connectivity index (χ1) is 12.0. The lowest BCUT2D eigenvalue weighted by Gasteiger charge is -2.04. The van der Waals surface area contributed by atoms with Gasteiger partial charge in [0.2, 0.25) is 0 Å². The molecule has 2 aromatic rings. The standard InChI is InChI=1S/C18H22N2O4S/c1-2-3-4-15-5-7-16(8-6-15)19-20-17-9-11-18(12-10-17)24-13-14-25(21,22)23/h5-12H,2-4,13-14H2,1H3,(H,21,22,23). The van der Waals surface area contributed by atoms with Crippen LogP contribution in [0.2, 0.25) is 0 Å². The lowest BCUT2D eigenvalue weighted by atomic mass is 10.1. The molecule has 7 heteroatoms. The van der Waals surface area contributed by atoms with Crippen LogP contribution in [0.4, 0.5) is 11.4 Å². The second-order valence-electron chi connectivity index (χ2n) is 5.60. The third-order valence-corrected chi connectivity index (χ3v) is 4.17. The molecule has 25 heavy (non-hydrogen) atoms. The molecule has 0 aromatic heterocycles. The van der Waals surface area contributed by atoms with E-state index in [0.717, 1.165) is 12.1 Å². The average Bonchev–Trinajstić information content (AvgIpc) is 2.59. The van der Waals surface area contributed by atoms with Crippen molar-refractivity contribution >= 4 is 21.5 Å². The molecular formula is C18H22N2O4S. The quantitative estimate of drug-likeness (QED) is 0.517. The molecular weight excluding hydrogens is 340 g/mol. The van der Waals surface area contributed by atoms with Crippen molar-refractivity contribution in [3.63, 3.8) is 0 Å². The minimum absolute atomic E-state index is 0.107. The van der Waals surface area contributed by atoms with Crippen molar-refractivity contribution in [2.24, 2.45) is 10.2 Å². The summed E-state index contributed by atoms with van der Waals surface area (Å²) in [6.07, 6.45) is 3.43. The van der Waals surface area contributed by atoms with Crippen LogP contribution in [-0.4, -0.2) is 25.3 Å². The molecule has 0 unspecified atom stereocenters. The van der Waals surface area contributed by atoms with E-state index in [0.29, 0.717) is 11.4 Å². The van der Waals surface area contributed by atoms with E-state index in [1.807, 2.05) is 12.1 Å². The van der Waals surface area contributed by atoms with E-state index in [4.69, 9.17) is 9.29 Å². The van der Waals surface area contributed by atoms with Gasteiger partial charge in [0.1, 0.15) is 18.1 Å². The molecule has 0 aliphatic heterocycles. The largest absolute Gasteiger partial charge is 0.492 e. The fourth-order valence-electron chi connectivity index (χ4n) is 2.10. The molecule has 2 rings (SSSR count). The van der Waals surface area contributed by atoms with Gasteiger partial charge in [0.15, 0.2) is 0 Å². The van der Waals surface area contributed by atoms with Gasteiger partial charge in [0, 0.05) is 0 Å². The SMILES string of the molecule is CCCCc1ccc(N=Nc2ccc(OCCS(=O)(=O)O)cc2)cc1. The molecule has 0 bridgehead atoms. The van der Waals surface area contributed by atoms with E-state index in [2.05, 4.69) is 29.3 Å². The molecule has 0 aliphatic rings. The summed E-state index contributed by atoms with van der Waals surface area (Å²) >= 11 is 0. The Balaban J connectivity index is 1.88. The monoisotopic (exact) mass is 362 g/mol. The van der Waals surface area contributed by atoms with Crippen LogP contribution in [0.3, 0.4) is 0 Å². The van der Waals surface area contributed by atoms with E-state index >= 15 is 0 Å². The van der Waals surface area contributed by atoms with Gasteiger partial charge in [-0.05, 0) is 54.8 Å². The van der Waals surface area contributed by atoms with Crippen molar-refractivity contribution < 1.29 is 17.7 Å². The molecule has 0 atom stereocenters. The van der Waals surface area contributed by atoms with Crippen molar-refractivity contribution in [2.45, 2.75) is 26.2 Å². The molecule has 1 N–H and O–H groups in total. The summed E-state index contributed by atoms with van der Waals surface area (Å²) in [5.74, 6) is 0.0609. The molecule has 0 amide bonds. The third kappa shape index (κ3) is 7.45. The Bertz CT molecular complexity index is 785. The number of nitrogens with zero attached hydrogens (tertiary/aromatic N) is 2. The van der Waals surface area contributed by atoms with Gasteiger partial charge in [-0.2, -0.15) is 18.6 Å². The van der Waals surface area contributed by atoms with Gasteiger partial charge in [-0.1, -0.05) is 25.5 Å². The van der Waals surface area contributed by atoms with Crippen LogP contribution in [0.25, 0.3) is 0 Å². The minimum Gasteiger partial charge on any atom is -0.492 e. The summed E-state index contributed by atoms with van der Waals surface area (Å²) in [6, 6.07) is 14.8.